The molecule has 1 aromatic carbocycles. The maximum atomic E-state index is 12.3. The zero-order chi connectivity index (χ0) is 17.7. The van der Waals surface area contributed by atoms with Gasteiger partial charge in [-0.05, 0) is 36.9 Å². The third-order valence-electron chi connectivity index (χ3n) is 3.75. The van der Waals surface area contributed by atoms with Crippen molar-refractivity contribution >= 4 is 32.9 Å². The average molecular weight is 394 g/mol. The molecule has 0 atom stereocenters. The van der Waals surface area contributed by atoms with Gasteiger partial charge < -0.3 is 4.57 Å². The first-order chi connectivity index (χ1) is 12.1. The zero-order valence-corrected chi connectivity index (χ0v) is 16.3. The fourth-order valence-electron chi connectivity index (χ4n) is 2.39. The van der Waals surface area contributed by atoms with E-state index in [1.165, 1.54) is 16.6 Å². The lowest BCUT2D eigenvalue weighted by Gasteiger charge is -2.08. The highest BCUT2D eigenvalue weighted by Gasteiger charge is 2.16. The van der Waals surface area contributed by atoms with Crippen molar-refractivity contribution in [3.8, 4) is 0 Å². The number of aryl methyl sites for hydroxylation is 2. The molecule has 0 saturated carbocycles. The van der Waals surface area contributed by atoms with E-state index in [1.54, 1.807) is 35.6 Å². The first kappa shape index (κ1) is 18.2. The van der Waals surface area contributed by atoms with Gasteiger partial charge in [-0.2, -0.15) is 0 Å². The normalized spacial score (nSPS) is 11.7. The van der Waals surface area contributed by atoms with Crippen molar-refractivity contribution in [1.82, 2.24) is 14.8 Å². The molecular weight excluding hydrogens is 374 g/mol. The van der Waals surface area contributed by atoms with Gasteiger partial charge in [0.1, 0.15) is 5.82 Å². The van der Waals surface area contributed by atoms with E-state index in [2.05, 4.69) is 26.2 Å². The molecular formula is C17H19N3O2S3. The van der Waals surface area contributed by atoms with Crippen molar-refractivity contribution < 1.29 is 8.42 Å². The van der Waals surface area contributed by atoms with E-state index in [-0.39, 0.29) is 5.75 Å². The van der Waals surface area contributed by atoms with E-state index in [4.69, 9.17) is 0 Å². The van der Waals surface area contributed by atoms with Gasteiger partial charge in [0.05, 0.1) is 10.6 Å². The van der Waals surface area contributed by atoms with Crippen molar-refractivity contribution in [3.63, 3.8) is 0 Å². The van der Waals surface area contributed by atoms with Crippen LogP contribution in [0.5, 0.6) is 0 Å². The molecule has 8 heteroatoms. The van der Waals surface area contributed by atoms with E-state index in [9.17, 15) is 8.42 Å². The highest BCUT2D eigenvalue weighted by molar-refractivity contribution is 8.00. The predicted molar refractivity (Wildman–Crippen MR) is 102 cm³/mol. The van der Waals surface area contributed by atoms with Crippen LogP contribution in [-0.2, 0) is 22.8 Å². The smallest absolute Gasteiger partial charge is 0.191 e. The van der Waals surface area contributed by atoms with Crippen LogP contribution in [0.25, 0.3) is 0 Å². The Balaban J connectivity index is 1.60. The molecule has 0 fully saturated rings. The minimum absolute atomic E-state index is 0.0819. The minimum atomic E-state index is -3.26. The Labute approximate surface area is 156 Å². The van der Waals surface area contributed by atoms with E-state index >= 15 is 0 Å². The van der Waals surface area contributed by atoms with Gasteiger partial charge in [-0.25, -0.2) is 8.42 Å². The maximum Gasteiger partial charge on any atom is 0.191 e. The molecule has 2 aromatic heterocycles. The van der Waals surface area contributed by atoms with Gasteiger partial charge in [0.2, 0.25) is 0 Å². The van der Waals surface area contributed by atoms with Crippen molar-refractivity contribution in [1.29, 1.82) is 0 Å². The molecule has 0 aliphatic rings. The number of hydrogen-bond acceptors (Lipinski definition) is 6. The van der Waals surface area contributed by atoms with Crippen LogP contribution in [0.3, 0.4) is 0 Å². The number of aromatic nitrogens is 3. The van der Waals surface area contributed by atoms with Crippen LogP contribution in [-0.4, -0.2) is 34.7 Å². The summed E-state index contributed by atoms with van der Waals surface area (Å²) in [5, 5.41) is 11.2. The molecule has 0 saturated heterocycles. The van der Waals surface area contributed by atoms with Crippen LogP contribution >= 0.6 is 23.1 Å². The summed E-state index contributed by atoms with van der Waals surface area (Å²) >= 11 is 3.18. The summed E-state index contributed by atoms with van der Waals surface area (Å²) in [5.74, 6) is 1.39. The van der Waals surface area contributed by atoms with Crippen LogP contribution in [0.1, 0.15) is 10.7 Å². The Morgan fingerprint density at radius 2 is 1.92 bits per heavy atom. The van der Waals surface area contributed by atoms with Gasteiger partial charge in [0.25, 0.3) is 0 Å². The van der Waals surface area contributed by atoms with E-state index < -0.39 is 9.84 Å². The number of thioether (sulfide) groups is 1. The first-order valence-corrected chi connectivity index (χ1v) is 11.4. The quantitative estimate of drug-likeness (QED) is 0.549. The largest absolute Gasteiger partial charge is 0.306 e. The van der Waals surface area contributed by atoms with Gasteiger partial charge in [0.15, 0.2) is 15.0 Å². The maximum absolute atomic E-state index is 12.3. The van der Waals surface area contributed by atoms with Gasteiger partial charge >= 0.3 is 0 Å². The van der Waals surface area contributed by atoms with Crippen LogP contribution in [0.2, 0.25) is 0 Å². The summed E-state index contributed by atoms with van der Waals surface area (Å²) < 4.78 is 26.7. The average Bonchev–Trinajstić information content (AvgIpc) is 3.24. The van der Waals surface area contributed by atoms with E-state index in [1.807, 2.05) is 19.1 Å². The van der Waals surface area contributed by atoms with E-state index in [0.717, 1.165) is 23.9 Å². The van der Waals surface area contributed by atoms with Crippen molar-refractivity contribution in [2.24, 2.45) is 0 Å². The van der Waals surface area contributed by atoms with Crippen LogP contribution in [0, 0.1) is 6.92 Å². The molecule has 0 N–H and O–H groups in total. The molecule has 3 rings (SSSR count). The second-order valence-electron chi connectivity index (χ2n) is 5.49. The standard InChI is InChI=1S/C17H19N3O2S3/c1-14-18-19-17(20(14)10-9-15-6-5-11-23-15)24-12-13-25(21,22)16-7-3-2-4-8-16/h2-8,11H,9-10,12-13H2,1H3. The Morgan fingerprint density at radius 1 is 1.12 bits per heavy atom. The number of hydrogen-bond donors (Lipinski definition) is 0. The van der Waals surface area contributed by atoms with Gasteiger partial charge in [0, 0.05) is 17.2 Å². The molecule has 0 amide bonds. The Hall–Kier alpha value is -1.64. The molecule has 3 aromatic rings. The minimum Gasteiger partial charge on any atom is -0.306 e. The highest BCUT2D eigenvalue weighted by atomic mass is 32.2. The fraction of sp³-hybridized carbons (Fsp3) is 0.294. The van der Waals surface area contributed by atoms with Gasteiger partial charge in [-0.15, -0.1) is 21.5 Å². The molecule has 5 nitrogen and oxygen atoms in total. The number of sulfone groups is 1. The van der Waals surface area contributed by atoms with Crippen LogP contribution < -0.4 is 0 Å². The SMILES string of the molecule is Cc1nnc(SCCS(=O)(=O)c2ccccc2)n1CCc1cccs1. The Morgan fingerprint density at radius 3 is 2.64 bits per heavy atom. The summed E-state index contributed by atoms with van der Waals surface area (Å²) in [4.78, 5) is 1.68. The van der Waals surface area contributed by atoms with Crippen molar-refractivity contribution in [2.45, 2.75) is 29.9 Å². The van der Waals surface area contributed by atoms with Crippen LogP contribution in [0.4, 0.5) is 0 Å². The topological polar surface area (TPSA) is 64.8 Å². The van der Waals surface area contributed by atoms with E-state index in [0.29, 0.717) is 10.6 Å². The van der Waals surface area contributed by atoms with Gasteiger partial charge in [-0.1, -0.05) is 36.0 Å². The molecule has 0 spiro atoms. The molecule has 0 aliphatic carbocycles. The molecule has 0 radical (unpaired) electrons. The highest BCUT2D eigenvalue weighted by Crippen LogP contribution is 2.20. The monoisotopic (exact) mass is 393 g/mol. The lowest BCUT2D eigenvalue weighted by Crippen LogP contribution is -2.10. The third kappa shape index (κ3) is 4.71. The fourth-order valence-corrected chi connectivity index (χ4v) is 5.77. The summed E-state index contributed by atoms with van der Waals surface area (Å²) in [6.07, 6.45) is 0.923. The van der Waals surface area contributed by atoms with Crippen molar-refractivity contribution in [2.75, 3.05) is 11.5 Å². The summed E-state index contributed by atoms with van der Waals surface area (Å²) in [6, 6.07) is 12.7. The molecule has 132 valence electrons. The Bertz CT molecular complexity index is 904. The first-order valence-electron chi connectivity index (χ1n) is 7.89. The van der Waals surface area contributed by atoms with Crippen LogP contribution in [0.15, 0.2) is 57.9 Å². The molecule has 0 aliphatic heterocycles. The lowest BCUT2D eigenvalue weighted by molar-refractivity contribution is 0.597. The summed E-state index contributed by atoms with van der Waals surface area (Å²) in [5.41, 5.74) is 0. The molecule has 2 heterocycles. The van der Waals surface area contributed by atoms with Crippen molar-refractivity contribution in [3.05, 3.63) is 58.5 Å². The lowest BCUT2D eigenvalue weighted by atomic mass is 10.3. The zero-order valence-electron chi connectivity index (χ0n) is 13.8. The second kappa shape index (κ2) is 8.16. The summed E-state index contributed by atoms with van der Waals surface area (Å²) in [7, 11) is -3.26. The molecule has 25 heavy (non-hydrogen) atoms. The van der Waals surface area contributed by atoms with Gasteiger partial charge in [-0.3, -0.25) is 0 Å². The molecule has 0 bridgehead atoms. The molecule has 0 unspecified atom stereocenters. The number of nitrogens with zero attached hydrogens (tertiary/aromatic N) is 3. The number of rotatable bonds is 8. The summed E-state index contributed by atoms with van der Waals surface area (Å²) in [6.45, 7) is 2.72. The predicted octanol–water partition coefficient (Wildman–Crippen LogP) is 3.46. The number of benzene rings is 1. The number of thiophene rings is 1. The second-order valence-corrected chi connectivity index (χ2v) is 9.69. The third-order valence-corrected chi connectivity index (χ3v) is 7.64. The Kier molecular flexibility index (Phi) is 5.93.